The predicted octanol–water partition coefficient (Wildman–Crippen LogP) is 1.76. The number of methoxy groups -OCH3 is 1. The molecular formula is C16H26N2O2. The summed E-state index contributed by atoms with van der Waals surface area (Å²) in [5.74, 6) is 0.830. The van der Waals surface area contributed by atoms with Gasteiger partial charge < -0.3 is 19.6 Å². The van der Waals surface area contributed by atoms with Crippen molar-refractivity contribution in [3.63, 3.8) is 0 Å². The number of hydrogen-bond acceptors (Lipinski definition) is 4. The van der Waals surface area contributed by atoms with Crippen molar-refractivity contribution in [1.82, 2.24) is 9.80 Å². The molecule has 0 radical (unpaired) electrons. The number of hydrogen-bond donors (Lipinski definition) is 1. The van der Waals surface area contributed by atoms with Crippen LogP contribution in [0.15, 0.2) is 24.3 Å². The average molecular weight is 278 g/mol. The van der Waals surface area contributed by atoms with Gasteiger partial charge >= 0.3 is 0 Å². The molecule has 0 saturated carbocycles. The minimum absolute atomic E-state index is 0.384. The summed E-state index contributed by atoms with van der Waals surface area (Å²) >= 11 is 0. The van der Waals surface area contributed by atoms with E-state index in [1.165, 1.54) is 0 Å². The van der Waals surface area contributed by atoms with E-state index in [1.54, 1.807) is 7.11 Å². The quantitative estimate of drug-likeness (QED) is 0.860. The number of rotatable bonds is 6. The Morgan fingerprint density at radius 1 is 1.10 bits per heavy atom. The van der Waals surface area contributed by atoms with Gasteiger partial charge in [0, 0.05) is 32.7 Å². The topological polar surface area (TPSA) is 35.9 Å². The van der Waals surface area contributed by atoms with Crippen LogP contribution in [0.4, 0.5) is 0 Å². The summed E-state index contributed by atoms with van der Waals surface area (Å²) in [5, 5.41) is 10.2. The van der Waals surface area contributed by atoms with E-state index in [4.69, 9.17) is 4.74 Å². The maximum atomic E-state index is 10.2. The molecule has 1 N–H and O–H groups in total. The first-order chi connectivity index (χ1) is 9.72. The van der Waals surface area contributed by atoms with E-state index < -0.39 is 0 Å². The van der Waals surface area contributed by atoms with Gasteiger partial charge in [-0.3, -0.25) is 0 Å². The van der Waals surface area contributed by atoms with Gasteiger partial charge in [0.1, 0.15) is 5.75 Å². The summed E-state index contributed by atoms with van der Waals surface area (Å²) in [7, 11) is 1.65. The zero-order valence-corrected chi connectivity index (χ0v) is 12.6. The van der Waals surface area contributed by atoms with E-state index in [2.05, 4.69) is 16.7 Å². The Kier molecular flexibility index (Phi) is 5.83. The second kappa shape index (κ2) is 7.62. The molecule has 112 valence electrons. The molecular weight excluding hydrogens is 252 g/mol. The molecule has 1 heterocycles. The van der Waals surface area contributed by atoms with Crippen molar-refractivity contribution in [2.75, 3.05) is 46.4 Å². The number of ether oxygens (including phenoxy) is 1. The molecule has 1 atom stereocenters. The van der Waals surface area contributed by atoms with Crippen molar-refractivity contribution in [2.24, 2.45) is 0 Å². The van der Waals surface area contributed by atoms with Gasteiger partial charge in [-0.2, -0.15) is 0 Å². The molecule has 0 spiro atoms. The highest BCUT2D eigenvalue weighted by atomic mass is 16.5. The Balaban J connectivity index is 1.75. The van der Waals surface area contributed by atoms with Crippen LogP contribution < -0.4 is 4.74 Å². The zero-order valence-electron chi connectivity index (χ0n) is 12.6. The van der Waals surface area contributed by atoms with Crippen molar-refractivity contribution in [3.05, 3.63) is 29.8 Å². The second-order valence-electron chi connectivity index (χ2n) is 5.35. The van der Waals surface area contributed by atoms with E-state index >= 15 is 0 Å². The smallest absolute Gasteiger partial charge is 0.118 e. The molecule has 0 amide bonds. The van der Waals surface area contributed by atoms with Crippen LogP contribution in [0.3, 0.4) is 0 Å². The summed E-state index contributed by atoms with van der Waals surface area (Å²) in [6, 6.07) is 7.69. The number of likely N-dealkylation sites (N-methyl/N-ethyl adjacent to an activating group) is 1. The Bertz CT molecular complexity index is 386. The van der Waals surface area contributed by atoms with Crippen molar-refractivity contribution >= 4 is 0 Å². The first-order valence-corrected chi connectivity index (χ1v) is 7.49. The normalized spacial score (nSPS) is 18.9. The molecule has 1 unspecified atom stereocenters. The number of nitrogens with zero attached hydrogens (tertiary/aromatic N) is 2. The summed E-state index contributed by atoms with van der Waals surface area (Å²) < 4.78 is 5.13. The number of benzene rings is 1. The van der Waals surface area contributed by atoms with E-state index in [0.29, 0.717) is 0 Å². The highest BCUT2D eigenvalue weighted by molar-refractivity contribution is 5.28. The van der Waals surface area contributed by atoms with Gasteiger partial charge in [-0.05, 0) is 30.7 Å². The number of aliphatic hydroxyl groups excluding tert-OH is 1. The molecule has 0 aromatic heterocycles. The fourth-order valence-corrected chi connectivity index (χ4v) is 2.63. The van der Waals surface area contributed by atoms with Crippen LogP contribution in [0.2, 0.25) is 0 Å². The third-order valence-corrected chi connectivity index (χ3v) is 4.13. The lowest BCUT2D eigenvalue weighted by Crippen LogP contribution is -2.46. The fraction of sp³-hybridized carbons (Fsp3) is 0.625. The first kappa shape index (κ1) is 15.3. The Morgan fingerprint density at radius 2 is 1.70 bits per heavy atom. The summed E-state index contributed by atoms with van der Waals surface area (Å²) in [6.45, 7) is 8.84. The van der Waals surface area contributed by atoms with Crippen LogP contribution in [0.5, 0.6) is 5.75 Å². The molecule has 0 bridgehead atoms. The molecule has 1 aliphatic rings. The molecule has 1 aromatic carbocycles. The van der Waals surface area contributed by atoms with E-state index in [1.807, 2.05) is 24.3 Å². The second-order valence-corrected chi connectivity index (χ2v) is 5.35. The third kappa shape index (κ3) is 4.20. The minimum Gasteiger partial charge on any atom is -0.497 e. The highest BCUT2D eigenvalue weighted by Crippen LogP contribution is 2.20. The lowest BCUT2D eigenvalue weighted by Gasteiger charge is -2.34. The SMILES string of the molecule is CCN1CCN(CCC(O)c2ccc(OC)cc2)CC1. The molecule has 1 aromatic rings. The molecule has 4 heteroatoms. The van der Waals surface area contributed by atoms with Crippen LogP contribution in [-0.2, 0) is 0 Å². The van der Waals surface area contributed by atoms with Crippen LogP contribution >= 0.6 is 0 Å². The average Bonchev–Trinajstić information content (AvgIpc) is 2.53. The third-order valence-electron chi connectivity index (χ3n) is 4.13. The van der Waals surface area contributed by atoms with Crippen LogP contribution in [0.25, 0.3) is 0 Å². The number of piperazine rings is 1. The van der Waals surface area contributed by atoms with Gasteiger partial charge in [-0.15, -0.1) is 0 Å². The van der Waals surface area contributed by atoms with Gasteiger partial charge in [-0.1, -0.05) is 19.1 Å². The van der Waals surface area contributed by atoms with Gasteiger partial charge in [0.05, 0.1) is 13.2 Å². The van der Waals surface area contributed by atoms with Crippen molar-refractivity contribution in [2.45, 2.75) is 19.4 Å². The fourth-order valence-electron chi connectivity index (χ4n) is 2.63. The van der Waals surface area contributed by atoms with E-state index in [-0.39, 0.29) is 6.10 Å². The minimum atomic E-state index is -0.384. The maximum Gasteiger partial charge on any atom is 0.118 e. The Hall–Kier alpha value is -1.10. The first-order valence-electron chi connectivity index (χ1n) is 7.49. The molecule has 4 nitrogen and oxygen atoms in total. The summed E-state index contributed by atoms with van der Waals surface area (Å²) in [4.78, 5) is 4.91. The van der Waals surface area contributed by atoms with Crippen LogP contribution in [-0.4, -0.2) is 61.3 Å². The molecule has 2 rings (SSSR count). The Morgan fingerprint density at radius 3 is 2.25 bits per heavy atom. The van der Waals surface area contributed by atoms with Gasteiger partial charge in [-0.25, -0.2) is 0 Å². The zero-order chi connectivity index (χ0) is 14.4. The molecule has 1 aliphatic heterocycles. The van der Waals surface area contributed by atoms with Crippen molar-refractivity contribution in [1.29, 1.82) is 0 Å². The molecule has 20 heavy (non-hydrogen) atoms. The van der Waals surface area contributed by atoms with Crippen LogP contribution in [0, 0.1) is 0 Å². The maximum absolute atomic E-state index is 10.2. The lowest BCUT2D eigenvalue weighted by atomic mass is 10.1. The van der Waals surface area contributed by atoms with Gasteiger partial charge in [0.2, 0.25) is 0 Å². The Labute approximate surface area is 122 Å². The summed E-state index contributed by atoms with van der Waals surface area (Å²) in [5.41, 5.74) is 0.970. The highest BCUT2D eigenvalue weighted by Gasteiger charge is 2.16. The van der Waals surface area contributed by atoms with Gasteiger partial charge in [0.15, 0.2) is 0 Å². The van der Waals surface area contributed by atoms with E-state index in [9.17, 15) is 5.11 Å². The molecule has 1 fully saturated rings. The standard InChI is InChI=1S/C16H26N2O2/c1-3-17-10-12-18(13-11-17)9-8-16(19)14-4-6-15(20-2)7-5-14/h4-7,16,19H,3,8-13H2,1-2H3. The number of aliphatic hydroxyl groups is 1. The summed E-state index contributed by atoms with van der Waals surface area (Å²) in [6.07, 6.45) is 0.406. The van der Waals surface area contributed by atoms with Crippen molar-refractivity contribution in [3.8, 4) is 5.75 Å². The lowest BCUT2D eigenvalue weighted by molar-refractivity contribution is 0.105. The van der Waals surface area contributed by atoms with E-state index in [0.717, 1.165) is 57.0 Å². The largest absolute Gasteiger partial charge is 0.497 e. The van der Waals surface area contributed by atoms with Crippen LogP contribution in [0.1, 0.15) is 25.0 Å². The monoisotopic (exact) mass is 278 g/mol. The predicted molar refractivity (Wildman–Crippen MR) is 81.1 cm³/mol. The van der Waals surface area contributed by atoms with Crippen molar-refractivity contribution < 1.29 is 9.84 Å². The van der Waals surface area contributed by atoms with Gasteiger partial charge in [0.25, 0.3) is 0 Å². The molecule has 0 aliphatic carbocycles. The molecule has 1 saturated heterocycles.